The molecule has 2 aromatic carbocycles. The molecular formula is C18H17N5O2S. The first kappa shape index (κ1) is 17.7. The number of aromatic nitrogens is 3. The Morgan fingerprint density at radius 2 is 2.00 bits per heavy atom. The molecule has 0 spiro atoms. The predicted octanol–water partition coefficient (Wildman–Crippen LogP) is 2.52. The topological polar surface area (TPSA) is 81.4 Å². The summed E-state index contributed by atoms with van der Waals surface area (Å²) >= 11 is 1.67. The molecule has 8 heteroatoms. The molecule has 7 nitrogen and oxygen atoms in total. The van der Waals surface area contributed by atoms with Crippen molar-refractivity contribution in [1.82, 2.24) is 20.2 Å². The lowest BCUT2D eigenvalue weighted by molar-refractivity contribution is -0.123. The number of hydrogen-bond donors (Lipinski definition) is 1. The van der Waals surface area contributed by atoms with Crippen molar-refractivity contribution in [3.05, 3.63) is 66.5 Å². The number of ether oxygens (including phenoxy) is 1. The van der Waals surface area contributed by atoms with E-state index in [1.807, 2.05) is 60.9 Å². The van der Waals surface area contributed by atoms with Crippen molar-refractivity contribution in [2.45, 2.75) is 4.90 Å². The maximum absolute atomic E-state index is 11.8. The number of hydrogen-bond acceptors (Lipinski definition) is 6. The highest BCUT2D eigenvalue weighted by Gasteiger charge is 2.06. The molecule has 0 saturated carbocycles. The second-order valence-electron chi connectivity index (χ2n) is 5.16. The van der Waals surface area contributed by atoms with Crippen molar-refractivity contribution in [1.29, 1.82) is 0 Å². The van der Waals surface area contributed by atoms with E-state index in [0.717, 1.165) is 11.3 Å². The summed E-state index contributed by atoms with van der Waals surface area (Å²) in [4.78, 5) is 17.0. The maximum Gasteiger partial charge on any atom is 0.336 e. The highest BCUT2D eigenvalue weighted by molar-refractivity contribution is 7.98. The van der Waals surface area contributed by atoms with Crippen LogP contribution >= 0.6 is 11.8 Å². The number of carbonyl (C=O) groups is 1. The van der Waals surface area contributed by atoms with Gasteiger partial charge in [-0.25, -0.2) is 10.1 Å². The van der Waals surface area contributed by atoms with E-state index in [9.17, 15) is 4.79 Å². The average Bonchev–Trinajstić information content (AvgIpc) is 3.17. The average molecular weight is 367 g/mol. The van der Waals surface area contributed by atoms with Crippen LogP contribution in [0.5, 0.6) is 6.01 Å². The highest BCUT2D eigenvalue weighted by Crippen LogP contribution is 2.13. The summed E-state index contributed by atoms with van der Waals surface area (Å²) in [5, 5.41) is 8.06. The number of para-hydroxylation sites is 1. The molecule has 132 valence electrons. The predicted molar refractivity (Wildman–Crippen MR) is 101 cm³/mol. The first-order chi connectivity index (χ1) is 12.7. The second-order valence-corrected chi connectivity index (χ2v) is 6.04. The summed E-state index contributed by atoms with van der Waals surface area (Å²) in [5.74, 6) is -0.391. The van der Waals surface area contributed by atoms with Crippen molar-refractivity contribution < 1.29 is 9.53 Å². The van der Waals surface area contributed by atoms with Gasteiger partial charge in [-0.2, -0.15) is 10.1 Å². The summed E-state index contributed by atoms with van der Waals surface area (Å²) in [6, 6.07) is 17.5. The van der Waals surface area contributed by atoms with E-state index in [2.05, 4.69) is 20.6 Å². The van der Waals surface area contributed by atoms with Crippen molar-refractivity contribution in [3.8, 4) is 11.7 Å². The van der Waals surface area contributed by atoms with Crippen LogP contribution in [0.15, 0.2) is 70.9 Å². The lowest BCUT2D eigenvalue weighted by atomic mass is 10.2. The van der Waals surface area contributed by atoms with E-state index >= 15 is 0 Å². The molecule has 0 aliphatic heterocycles. The minimum atomic E-state index is -0.391. The lowest BCUT2D eigenvalue weighted by Crippen LogP contribution is -2.24. The van der Waals surface area contributed by atoms with E-state index in [1.165, 1.54) is 11.2 Å². The quantitative estimate of drug-likeness (QED) is 0.394. The van der Waals surface area contributed by atoms with E-state index in [1.54, 1.807) is 22.7 Å². The van der Waals surface area contributed by atoms with Crippen LogP contribution in [0, 0.1) is 0 Å². The zero-order valence-corrected chi connectivity index (χ0v) is 14.9. The van der Waals surface area contributed by atoms with Crippen LogP contribution in [0.2, 0.25) is 0 Å². The Morgan fingerprint density at radius 1 is 1.23 bits per heavy atom. The summed E-state index contributed by atoms with van der Waals surface area (Å²) in [6.45, 7) is -0.221. The van der Waals surface area contributed by atoms with Crippen LogP contribution in [0.1, 0.15) is 5.56 Å². The molecule has 0 fully saturated rings. The second kappa shape index (κ2) is 8.82. The van der Waals surface area contributed by atoms with Gasteiger partial charge in [-0.1, -0.05) is 30.3 Å². The Morgan fingerprint density at radius 3 is 2.73 bits per heavy atom. The van der Waals surface area contributed by atoms with E-state index in [0.29, 0.717) is 0 Å². The number of nitrogens with zero attached hydrogens (tertiary/aromatic N) is 4. The van der Waals surface area contributed by atoms with Gasteiger partial charge in [-0.05, 0) is 36.1 Å². The number of benzene rings is 2. The molecule has 3 rings (SSSR count). The minimum absolute atomic E-state index is 0.126. The number of hydrazone groups is 1. The molecule has 0 atom stereocenters. The number of amides is 1. The Kier molecular flexibility index (Phi) is 6.00. The monoisotopic (exact) mass is 367 g/mol. The van der Waals surface area contributed by atoms with Gasteiger partial charge in [0.25, 0.3) is 5.91 Å². The first-order valence-electron chi connectivity index (χ1n) is 7.80. The fourth-order valence-corrected chi connectivity index (χ4v) is 2.46. The molecule has 1 aromatic heterocycles. The molecule has 1 N–H and O–H groups in total. The number of carbonyl (C=O) groups excluding carboxylic acids is 1. The third-order valence-corrected chi connectivity index (χ3v) is 4.09. The summed E-state index contributed by atoms with van der Waals surface area (Å²) in [7, 11) is 0. The molecular weight excluding hydrogens is 350 g/mol. The van der Waals surface area contributed by atoms with E-state index < -0.39 is 5.91 Å². The molecule has 0 radical (unpaired) electrons. The van der Waals surface area contributed by atoms with E-state index in [4.69, 9.17) is 4.74 Å². The van der Waals surface area contributed by atoms with Crippen molar-refractivity contribution >= 4 is 23.9 Å². The summed E-state index contributed by atoms with van der Waals surface area (Å²) < 4.78 is 6.84. The molecule has 0 saturated heterocycles. The maximum atomic E-state index is 11.8. The molecule has 0 aliphatic rings. The van der Waals surface area contributed by atoms with Crippen molar-refractivity contribution in [3.63, 3.8) is 0 Å². The van der Waals surface area contributed by atoms with Crippen LogP contribution in [0.25, 0.3) is 5.69 Å². The van der Waals surface area contributed by atoms with Gasteiger partial charge in [-0.15, -0.1) is 16.9 Å². The van der Waals surface area contributed by atoms with Crippen LogP contribution in [-0.2, 0) is 4.79 Å². The van der Waals surface area contributed by atoms with Crippen LogP contribution in [0.4, 0.5) is 0 Å². The van der Waals surface area contributed by atoms with Gasteiger partial charge >= 0.3 is 6.01 Å². The molecule has 0 unspecified atom stereocenters. The van der Waals surface area contributed by atoms with Gasteiger partial charge in [0.05, 0.1) is 11.9 Å². The van der Waals surface area contributed by atoms with E-state index in [-0.39, 0.29) is 12.6 Å². The lowest BCUT2D eigenvalue weighted by Gasteiger charge is -2.01. The van der Waals surface area contributed by atoms with Crippen LogP contribution in [-0.4, -0.2) is 39.7 Å². The van der Waals surface area contributed by atoms with Gasteiger partial charge in [0.15, 0.2) is 6.61 Å². The fourth-order valence-electron chi connectivity index (χ4n) is 2.05. The zero-order chi connectivity index (χ0) is 18.2. The third-order valence-electron chi connectivity index (χ3n) is 3.34. The Hall–Kier alpha value is -3.13. The molecule has 26 heavy (non-hydrogen) atoms. The summed E-state index contributed by atoms with van der Waals surface area (Å²) in [5.41, 5.74) is 4.16. The number of rotatable bonds is 7. The van der Waals surface area contributed by atoms with Crippen molar-refractivity contribution in [2.75, 3.05) is 12.9 Å². The van der Waals surface area contributed by atoms with Gasteiger partial charge in [0.1, 0.15) is 6.33 Å². The first-order valence-corrected chi connectivity index (χ1v) is 9.03. The Labute approximate surface area is 155 Å². The number of nitrogens with one attached hydrogen (secondary N) is 1. The van der Waals surface area contributed by atoms with Crippen LogP contribution < -0.4 is 10.2 Å². The van der Waals surface area contributed by atoms with Crippen LogP contribution in [0.3, 0.4) is 0 Å². The summed E-state index contributed by atoms with van der Waals surface area (Å²) in [6.07, 6.45) is 5.12. The molecule has 1 heterocycles. The third kappa shape index (κ3) is 4.93. The molecule has 0 aliphatic carbocycles. The Balaban J connectivity index is 1.46. The smallest absolute Gasteiger partial charge is 0.336 e. The van der Waals surface area contributed by atoms with Gasteiger partial charge in [0, 0.05) is 4.90 Å². The van der Waals surface area contributed by atoms with Gasteiger partial charge in [0.2, 0.25) is 0 Å². The van der Waals surface area contributed by atoms with Gasteiger partial charge in [-0.3, -0.25) is 4.79 Å². The minimum Gasteiger partial charge on any atom is -0.452 e. The van der Waals surface area contributed by atoms with Crippen molar-refractivity contribution in [2.24, 2.45) is 5.10 Å². The number of thioether (sulfide) groups is 1. The highest BCUT2D eigenvalue weighted by atomic mass is 32.2. The largest absolute Gasteiger partial charge is 0.452 e. The normalized spacial score (nSPS) is 10.8. The standard InChI is InChI=1S/C18H17N5O2S/c1-26-16-9-7-14(8-10-16)11-20-21-17(24)12-25-18-19-13-23(22-18)15-5-3-2-4-6-15/h2-11,13H,12H2,1H3,(H,21,24)/b20-11+. The van der Waals surface area contributed by atoms with Gasteiger partial charge < -0.3 is 4.74 Å². The molecule has 1 amide bonds. The Bertz CT molecular complexity index is 878. The molecule has 0 bridgehead atoms. The zero-order valence-electron chi connectivity index (χ0n) is 14.1. The molecule has 3 aromatic rings. The fraction of sp³-hybridized carbons (Fsp3) is 0.111. The SMILES string of the molecule is CSc1ccc(/C=N/NC(=O)COc2ncn(-c3ccccc3)n2)cc1.